The molecule has 10 aromatic rings. The molecule has 0 amide bonds. The van der Waals surface area contributed by atoms with Crippen molar-refractivity contribution >= 4 is 54.5 Å². The average Bonchev–Trinajstić information content (AvgIpc) is 3.74. The Balaban J connectivity index is 1.18. The first-order valence-corrected chi connectivity index (χ1v) is 15.6. The minimum absolute atomic E-state index is 0.0268. The SMILES string of the molecule is [2H]c1c([2H])c([2H])c(-c2nc(-c3ccc4oc5cc(-c6ccc7ccccc7c6)ccc5c4c3)nc(-n3c4ccccc4c4ccccc43)n2)c([2H])c1[2H]. The summed E-state index contributed by atoms with van der Waals surface area (Å²) in [6.07, 6.45) is 0. The molecule has 0 fully saturated rings. The summed E-state index contributed by atoms with van der Waals surface area (Å²) in [7, 11) is 0. The van der Waals surface area contributed by atoms with E-state index in [1.54, 1.807) is 0 Å². The van der Waals surface area contributed by atoms with Gasteiger partial charge in [0.25, 0.3) is 0 Å². The zero-order valence-corrected chi connectivity index (χ0v) is 25.3. The Bertz CT molecular complexity index is 3070. The van der Waals surface area contributed by atoms with E-state index in [9.17, 15) is 0 Å². The van der Waals surface area contributed by atoms with Crippen molar-refractivity contribution in [2.75, 3.05) is 0 Å². The van der Waals surface area contributed by atoms with E-state index < -0.39 is 18.1 Å². The lowest BCUT2D eigenvalue weighted by Crippen LogP contribution is -2.06. The summed E-state index contributed by atoms with van der Waals surface area (Å²) < 4.78 is 50.7. The van der Waals surface area contributed by atoms with Gasteiger partial charge < -0.3 is 4.42 Å². The van der Waals surface area contributed by atoms with Crippen LogP contribution in [0.3, 0.4) is 0 Å². The van der Waals surface area contributed by atoms with Crippen LogP contribution in [0, 0.1) is 0 Å². The third kappa shape index (κ3) is 4.22. The van der Waals surface area contributed by atoms with E-state index in [1.807, 2.05) is 83.4 Å². The van der Waals surface area contributed by atoms with Crippen LogP contribution in [-0.2, 0) is 0 Å². The second kappa shape index (κ2) is 10.5. The number of aromatic nitrogens is 4. The summed E-state index contributed by atoms with van der Waals surface area (Å²) in [4.78, 5) is 14.6. The van der Waals surface area contributed by atoms with Crippen LogP contribution in [0.2, 0.25) is 0 Å². The number of nitrogens with zero attached hydrogens (tertiary/aromatic N) is 4. The van der Waals surface area contributed by atoms with Crippen LogP contribution in [0.25, 0.3) is 94.4 Å². The van der Waals surface area contributed by atoms with Crippen molar-refractivity contribution in [1.82, 2.24) is 19.5 Å². The van der Waals surface area contributed by atoms with Gasteiger partial charge in [-0.1, -0.05) is 109 Å². The minimum atomic E-state index is -0.485. The number of hydrogen-bond acceptors (Lipinski definition) is 4. The summed E-state index contributed by atoms with van der Waals surface area (Å²) >= 11 is 0. The van der Waals surface area contributed by atoms with Gasteiger partial charge >= 0.3 is 0 Å². The molecule has 0 unspecified atom stereocenters. The molecular formula is C43H26N4O. The topological polar surface area (TPSA) is 56.7 Å². The van der Waals surface area contributed by atoms with Crippen molar-refractivity contribution in [3.05, 3.63) is 158 Å². The van der Waals surface area contributed by atoms with Crippen molar-refractivity contribution < 1.29 is 11.3 Å². The first-order valence-electron chi connectivity index (χ1n) is 18.1. The predicted octanol–water partition coefficient (Wildman–Crippen LogP) is 11.0. The van der Waals surface area contributed by atoms with Crippen LogP contribution in [0.4, 0.5) is 0 Å². The molecule has 3 heterocycles. The first kappa shape index (κ1) is 22.0. The van der Waals surface area contributed by atoms with Gasteiger partial charge in [0.1, 0.15) is 11.2 Å². The van der Waals surface area contributed by atoms with Crippen LogP contribution >= 0.6 is 0 Å². The second-order valence-electron chi connectivity index (χ2n) is 11.7. The highest BCUT2D eigenvalue weighted by atomic mass is 16.3. The molecule has 0 N–H and O–H groups in total. The fourth-order valence-electron chi connectivity index (χ4n) is 6.67. The zero-order chi connectivity index (χ0) is 36.0. The molecule has 0 saturated carbocycles. The molecule has 0 bridgehead atoms. The Morgan fingerprint density at radius 2 is 1.10 bits per heavy atom. The smallest absolute Gasteiger partial charge is 0.238 e. The van der Waals surface area contributed by atoms with Crippen LogP contribution in [0.15, 0.2) is 162 Å². The molecule has 0 atom stereocenters. The molecule has 0 spiro atoms. The summed E-state index contributed by atoms with van der Waals surface area (Å²) in [6, 6.07) is 40.3. The Labute approximate surface area is 282 Å². The number of rotatable bonds is 4. The monoisotopic (exact) mass is 619 g/mol. The van der Waals surface area contributed by atoms with Crippen molar-refractivity contribution in [1.29, 1.82) is 0 Å². The lowest BCUT2D eigenvalue weighted by Gasteiger charge is -2.11. The van der Waals surface area contributed by atoms with Gasteiger partial charge in [0.15, 0.2) is 11.6 Å². The molecule has 0 aliphatic rings. The second-order valence-corrected chi connectivity index (χ2v) is 11.7. The van der Waals surface area contributed by atoms with E-state index in [1.165, 1.54) is 10.8 Å². The van der Waals surface area contributed by atoms with Crippen molar-refractivity contribution in [3.63, 3.8) is 0 Å². The maximum atomic E-state index is 8.76. The highest BCUT2D eigenvalue weighted by Gasteiger charge is 2.18. The number of fused-ring (bicyclic) bond motifs is 7. The number of furan rings is 1. The molecule has 10 rings (SSSR count). The normalized spacial score (nSPS) is 13.2. The molecule has 5 nitrogen and oxygen atoms in total. The Hall–Kier alpha value is -6.59. The van der Waals surface area contributed by atoms with E-state index in [-0.39, 0.29) is 35.2 Å². The van der Waals surface area contributed by atoms with Gasteiger partial charge in [-0.3, -0.25) is 4.57 Å². The lowest BCUT2D eigenvalue weighted by atomic mass is 10.00. The number of para-hydroxylation sites is 2. The zero-order valence-electron chi connectivity index (χ0n) is 30.3. The summed E-state index contributed by atoms with van der Waals surface area (Å²) in [6.45, 7) is 0. The van der Waals surface area contributed by atoms with Gasteiger partial charge in [-0.15, -0.1) is 0 Å². The van der Waals surface area contributed by atoms with Crippen LogP contribution in [-0.4, -0.2) is 19.5 Å². The fourth-order valence-corrected chi connectivity index (χ4v) is 6.67. The summed E-state index contributed by atoms with van der Waals surface area (Å²) in [5.41, 5.74) is 5.84. The van der Waals surface area contributed by atoms with Gasteiger partial charge in [0.2, 0.25) is 5.95 Å². The molecule has 5 heteroatoms. The minimum Gasteiger partial charge on any atom is -0.456 e. The highest BCUT2D eigenvalue weighted by molar-refractivity contribution is 6.09. The highest BCUT2D eigenvalue weighted by Crippen LogP contribution is 2.36. The molecule has 224 valence electrons. The van der Waals surface area contributed by atoms with Gasteiger partial charge in [-0.05, 0) is 70.4 Å². The van der Waals surface area contributed by atoms with Crippen LogP contribution in [0.1, 0.15) is 6.85 Å². The van der Waals surface area contributed by atoms with Gasteiger partial charge in [0.05, 0.1) is 17.9 Å². The molecule has 0 aliphatic heterocycles. The molecule has 0 saturated heterocycles. The van der Waals surface area contributed by atoms with E-state index in [2.05, 4.69) is 48.5 Å². The Morgan fingerprint density at radius 3 is 1.90 bits per heavy atom. The molecule has 0 radical (unpaired) electrons. The number of benzene rings is 7. The van der Waals surface area contributed by atoms with Gasteiger partial charge in [-0.25, -0.2) is 4.98 Å². The first-order chi connectivity index (χ1) is 25.8. The quantitative estimate of drug-likeness (QED) is 0.197. The molecule has 48 heavy (non-hydrogen) atoms. The standard InChI is InChI=1S/C43H26N4O/c1-2-11-28(12-3-1)41-44-42(46-43(45-41)47-37-16-8-6-14-33(37)34-15-7-9-17-38(34)47)32-21-23-39-36(25-32)35-22-20-31(26-40(35)48-39)30-19-18-27-10-4-5-13-29(27)24-30/h1-26H/i1D,2D,3D,11D,12D. The largest absolute Gasteiger partial charge is 0.456 e. The number of hydrogen-bond donors (Lipinski definition) is 0. The summed E-state index contributed by atoms with van der Waals surface area (Å²) in [5.74, 6) is 0.509. The lowest BCUT2D eigenvalue weighted by molar-refractivity contribution is 0.669. The van der Waals surface area contributed by atoms with Crippen molar-refractivity contribution in [2.24, 2.45) is 0 Å². The van der Waals surface area contributed by atoms with Gasteiger partial charge in [0, 0.05) is 32.7 Å². The van der Waals surface area contributed by atoms with E-state index in [0.717, 1.165) is 49.3 Å². The Morgan fingerprint density at radius 1 is 0.458 bits per heavy atom. The average molecular weight is 620 g/mol. The molecule has 0 aliphatic carbocycles. The van der Waals surface area contributed by atoms with E-state index in [4.69, 9.17) is 26.2 Å². The maximum absolute atomic E-state index is 8.76. The Kier molecular flexibility index (Phi) is 4.81. The predicted molar refractivity (Wildman–Crippen MR) is 195 cm³/mol. The maximum Gasteiger partial charge on any atom is 0.238 e. The summed E-state index contributed by atoms with van der Waals surface area (Å²) in [5, 5.41) is 6.15. The molecule has 7 aromatic carbocycles. The fraction of sp³-hybridized carbons (Fsp3) is 0. The van der Waals surface area contributed by atoms with Crippen molar-refractivity contribution in [3.8, 4) is 39.9 Å². The van der Waals surface area contributed by atoms with Crippen LogP contribution in [0.5, 0.6) is 0 Å². The van der Waals surface area contributed by atoms with Crippen LogP contribution < -0.4 is 0 Å². The third-order valence-corrected chi connectivity index (χ3v) is 8.94. The van der Waals surface area contributed by atoms with E-state index >= 15 is 0 Å². The van der Waals surface area contributed by atoms with Gasteiger partial charge in [-0.2, -0.15) is 9.97 Å². The molecular weight excluding hydrogens is 589 g/mol. The third-order valence-electron chi connectivity index (χ3n) is 8.94. The van der Waals surface area contributed by atoms with Crippen molar-refractivity contribution in [2.45, 2.75) is 0 Å². The van der Waals surface area contributed by atoms with E-state index in [0.29, 0.717) is 11.1 Å². The molecule has 3 aromatic heterocycles.